The summed E-state index contributed by atoms with van der Waals surface area (Å²) in [5, 5.41) is 1.03. The predicted octanol–water partition coefficient (Wildman–Crippen LogP) is 6.90. The van der Waals surface area contributed by atoms with Gasteiger partial charge in [0.25, 0.3) is 0 Å². The second-order valence-corrected chi connectivity index (χ2v) is 8.83. The average molecular weight is 440 g/mol. The minimum Gasteiger partial charge on any atom is -0.457 e. The molecule has 0 saturated carbocycles. The van der Waals surface area contributed by atoms with Crippen LogP contribution in [0.2, 0.25) is 10.0 Å². The summed E-state index contributed by atoms with van der Waals surface area (Å²) in [6, 6.07) is 16.5. The molecule has 152 valence electrons. The minimum atomic E-state index is -0.521. The molecule has 0 fully saturated rings. The molecule has 30 heavy (non-hydrogen) atoms. The van der Waals surface area contributed by atoms with Gasteiger partial charge in [0.1, 0.15) is 11.5 Å². The van der Waals surface area contributed by atoms with Gasteiger partial charge in [-0.2, -0.15) is 0 Å². The Morgan fingerprint density at radius 1 is 0.967 bits per heavy atom. The van der Waals surface area contributed by atoms with E-state index in [4.69, 9.17) is 32.4 Å². The molecule has 4 rings (SSSR count). The summed E-state index contributed by atoms with van der Waals surface area (Å²) < 4.78 is 11.2. The van der Waals surface area contributed by atoms with Gasteiger partial charge < -0.3 is 9.15 Å². The van der Waals surface area contributed by atoms with Gasteiger partial charge in [0.2, 0.25) is 5.90 Å². The van der Waals surface area contributed by atoms with E-state index < -0.39 is 5.97 Å². The van der Waals surface area contributed by atoms with E-state index in [0.717, 1.165) is 5.56 Å². The predicted molar refractivity (Wildman–Crippen MR) is 120 cm³/mol. The van der Waals surface area contributed by atoms with Crippen LogP contribution in [0.1, 0.15) is 37.7 Å². The fourth-order valence-corrected chi connectivity index (χ4v) is 3.55. The third-order valence-corrected chi connectivity index (χ3v) is 5.27. The van der Waals surface area contributed by atoms with Crippen LogP contribution in [0, 0.1) is 0 Å². The maximum atomic E-state index is 12.3. The molecule has 0 N–H and O–H groups in total. The summed E-state index contributed by atoms with van der Waals surface area (Å²) in [5.41, 5.74) is 2.86. The Morgan fingerprint density at radius 3 is 2.37 bits per heavy atom. The highest BCUT2D eigenvalue weighted by Crippen LogP contribution is 2.32. The number of aliphatic imine (C=N–C) groups is 1. The first-order valence-electron chi connectivity index (χ1n) is 9.39. The molecule has 1 aliphatic rings. The second kappa shape index (κ2) is 7.78. The van der Waals surface area contributed by atoms with Crippen LogP contribution in [0.15, 0.2) is 69.7 Å². The molecule has 0 amide bonds. The summed E-state index contributed by atoms with van der Waals surface area (Å²) in [6.45, 7) is 6.43. The van der Waals surface area contributed by atoms with Crippen molar-refractivity contribution in [2.24, 2.45) is 4.99 Å². The van der Waals surface area contributed by atoms with Crippen LogP contribution < -0.4 is 0 Å². The monoisotopic (exact) mass is 439 g/mol. The minimum absolute atomic E-state index is 0.0434. The molecule has 0 spiro atoms. The molecule has 1 aromatic heterocycles. The number of nitrogens with zero attached hydrogens (tertiary/aromatic N) is 1. The van der Waals surface area contributed by atoms with Gasteiger partial charge >= 0.3 is 5.97 Å². The van der Waals surface area contributed by atoms with Crippen molar-refractivity contribution in [2.45, 2.75) is 26.2 Å². The molecule has 0 bridgehead atoms. The molecule has 6 heteroatoms. The zero-order chi connectivity index (χ0) is 21.5. The zero-order valence-corrected chi connectivity index (χ0v) is 18.2. The number of rotatable bonds is 3. The molecule has 0 saturated heterocycles. The maximum Gasteiger partial charge on any atom is 0.363 e. The normalized spacial score (nSPS) is 15.4. The number of carbonyl (C=O) groups is 1. The lowest BCUT2D eigenvalue weighted by Gasteiger charge is -2.18. The van der Waals surface area contributed by atoms with Crippen LogP contribution in [-0.2, 0) is 14.9 Å². The van der Waals surface area contributed by atoms with E-state index in [1.165, 1.54) is 5.56 Å². The Morgan fingerprint density at radius 2 is 1.70 bits per heavy atom. The average Bonchev–Trinajstić information content (AvgIpc) is 3.28. The number of hydrogen-bond acceptors (Lipinski definition) is 4. The largest absolute Gasteiger partial charge is 0.457 e. The van der Waals surface area contributed by atoms with Gasteiger partial charge in [-0.1, -0.05) is 56.1 Å². The summed E-state index contributed by atoms with van der Waals surface area (Å²) in [7, 11) is 0. The molecule has 4 nitrogen and oxygen atoms in total. The Hall–Kier alpha value is -2.82. The van der Waals surface area contributed by atoms with Crippen molar-refractivity contribution >= 4 is 41.1 Å². The molecular weight excluding hydrogens is 421 g/mol. The van der Waals surface area contributed by atoms with E-state index >= 15 is 0 Å². The van der Waals surface area contributed by atoms with Gasteiger partial charge in [0, 0.05) is 22.2 Å². The van der Waals surface area contributed by atoms with Crippen LogP contribution in [0.5, 0.6) is 0 Å². The number of furan rings is 1. The highest BCUT2D eigenvalue weighted by atomic mass is 35.5. The first-order valence-corrected chi connectivity index (χ1v) is 10.1. The third kappa shape index (κ3) is 4.20. The van der Waals surface area contributed by atoms with Crippen molar-refractivity contribution < 1.29 is 13.9 Å². The first kappa shape index (κ1) is 20.5. The molecule has 3 aromatic rings. The van der Waals surface area contributed by atoms with Crippen LogP contribution in [0.3, 0.4) is 0 Å². The number of carbonyl (C=O) groups excluding carboxylic acids is 1. The van der Waals surface area contributed by atoms with Crippen LogP contribution in [-0.4, -0.2) is 11.9 Å². The lowest BCUT2D eigenvalue weighted by Crippen LogP contribution is -2.11. The van der Waals surface area contributed by atoms with Crippen molar-refractivity contribution in [3.63, 3.8) is 0 Å². The number of ether oxygens (including phenoxy) is 1. The van der Waals surface area contributed by atoms with Gasteiger partial charge in [-0.15, -0.1) is 0 Å². The van der Waals surface area contributed by atoms with Crippen molar-refractivity contribution in [2.75, 3.05) is 0 Å². The number of cyclic esters (lactones) is 1. The van der Waals surface area contributed by atoms with E-state index in [1.807, 2.05) is 24.3 Å². The summed E-state index contributed by atoms with van der Waals surface area (Å²) in [6.07, 6.45) is 1.55. The Kier molecular flexibility index (Phi) is 5.31. The SMILES string of the molecule is CC(C)(C)c1ccc(C2=NC(=Cc3ccc(-c4ccc(Cl)cc4Cl)o3)C(=O)O2)cc1. The van der Waals surface area contributed by atoms with Crippen molar-refractivity contribution in [3.8, 4) is 11.3 Å². The van der Waals surface area contributed by atoms with E-state index in [0.29, 0.717) is 27.1 Å². The number of benzene rings is 2. The molecule has 0 radical (unpaired) electrons. The zero-order valence-electron chi connectivity index (χ0n) is 16.7. The first-order chi connectivity index (χ1) is 14.2. The fraction of sp³-hybridized carbons (Fsp3) is 0.167. The van der Waals surface area contributed by atoms with Gasteiger partial charge in [-0.05, 0) is 53.4 Å². The van der Waals surface area contributed by atoms with Gasteiger partial charge in [-0.3, -0.25) is 0 Å². The standard InChI is InChI=1S/C24H19Cl2NO3/c1-24(2,3)15-6-4-14(5-7-15)22-27-20(23(28)30-22)13-17-9-11-21(29-17)18-10-8-16(25)12-19(18)26/h4-13H,1-3H3. The highest BCUT2D eigenvalue weighted by Gasteiger charge is 2.25. The summed E-state index contributed by atoms with van der Waals surface area (Å²) in [5.74, 6) is 0.791. The van der Waals surface area contributed by atoms with Gasteiger partial charge in [0.05, 0.1) is 5.02 Å². The quantitative estimate of drug-likeness (QED) is 0.329. The van der Waals surface area contributed by atoms with Crippen molar-refractivity contribution in [1.29, 1.82) is 0 Å². The van der Waals surface area contributed by atoms with E-state index in [-0.39, 0.29) is 17.0 Å². The van der Waals surface area contributed by atoms with E-state index in [9.17, 15) is 4.79 Å². The Bertz CT molecular complexity index is 1180. The number of esters is 1. The third-order valence-electron chi connectivity index (χ3n) is 4.72. The number of halogens is 2. The van der Waals surface area contributed by atoms with Crippen molar-refractivity contribution in [1.82, 2.24) is 0 Å². The van der Waals surface area contributed by atoms with E-state index in [1.54, 1.807) is 36.4 Å². The maximum absolute atomic E-state index is 12.3. The fourth-order valence-electron chi connectivity index (χ4n) is 3.04. The van der Waals surface area contributed by atoms with Crippen molar-refractivity contribution in [3.05, 3.63) is 87.2 Å². The molecule has 2 aromatic carbocycles. The van der Waals surface area contributed by atoms with Crippen LogP contribution >= 0.6 is 23.2 Å². The molecule has 0 unspecified atom stereocenters. The Balaban J connectivity index is 1.59. The molecule has 2 heterocycles. The second-order valence-electron chi connectivity index (χ2n) is 7.99. The molecule has 0 aliphatic carbocycles. The molecule has 0 atom stereocenters. The van der Waals surface area contributed by atoms with Gasteiger partial charge in [-0.25, -0.2) is 9.79 Å². The molecule has 1 aliphatic heterocycles. The lowest BCUT2D eigenvalue weighted by molar-refractivity contribution is -0.129. The Labute approximate surface area is 184 Å². The van der Waals surface area contributed by atoms with Gasteiger partial charge in [0.15, 0.2) is 5.70 Å². The molecular formula is C24H19Cl2NO3. The van der Waals surface area contributed by atoms with Crippen LogP contribution in [0.25, 0.3) is 17.4 Å². The summed E-state index contributed by atoms with van der Waals surface area (Å²) in [4.78, 5) is 16.6. The highest BCUT2D eigenvalue weighted by molar-refractivity contribution is 6.36. The van der Waals surface area contributed by atoms with Crippen LogP contribution in [0.4, 0.5) is 0 Å². The smallest absolute Gasteiger partial charge is 0.363 e. The van der Waals surface area contributed by atoms with E-state index in [2.05, 4.69) is 25.8 Å². The number of hydrogen-bond donors (Lipinski definition) is 0. The lowest BCUT2D eigenvalue weighted by atomic mass is 9.87. The summed E-state index contributed by atoms with van der Waals surface area (Å²) >= 11 is 12.2. The topological polar surface area (TPSA) is 51.8 Å².